The van der Waals surface area contributed by atoms with Crippen molar-refractivity contribution < 1.29 is 17.6 Å². The molecule has 0 unspecified atom stereocenters. The Morgan fingerprint density at radius 3 is 2.15 bits per heavy atom. The third kappa shape index (κ3) is 2.55. The van der Waals surface area contributed by atoms with E-state index in [0.29, 0.717) is 6.07 Å². The van der Waals surface area contributed by atoms with Crippen LogP contribution < -0.4 is 0 Å². The summed E-state index contributed by atoms with van der Waals surface area (Å²) in [5.41, 5.74) is -0.974. The summed E-state index contributed by atoms with van der Waals surface area (Å²) in [7, 11) is 0. The topological polar surface area (TPSA) is 0 Å². The first-order valence-corrected chi connectivity index (χ1v) is 4.91. The highest BCUT2D eigenvalue weighted by molar-refractivity contribution is 14.1. The van der Waals surface area contributed by atoms with Crippen LogP contribution in [0.5, 0.6) is 0 Å². The Labute approximate surface area is 93.6 Å². The molecule has 0 heterocycles. The fourth-order valence-electron chi connectivity index (χ4n) is 0.719. The molecule has 0 saturated heterocycles. The molecular weight excluding hydrogens is 367 g/mol. The summed E-state index contributed by atoms with van der Waals surface area (Å²) in [6.07, 6.45) is -4.50. The average molecular weight is 369 g/mol. The first-order chi connectivity index (χ1) is 5.82. The van der Waals surface area contributed by atoms with Crippen molar-refractivity contribution in [1.82, 2.24) is 0 Å². The van der Waals surface area contributed by atoms with Crippen molar-refractivity contribution in [2.45, 2.75) is 6.18 Å². The van der Waals surface area contributed by atoms with Crippen molar-refractivity contribution in [3.63, 3.8) is 0 Å². The number of rotatable bonds is 0. The molecule has 0 fully saturated rings. The number of hydrogen-bond acceptors (Lipinski definition) is 0. The van der Waals surface area contributed by atoms with E-state index in [2.05, 4.69) is 15.9 Å². The number of hydrogen-bond donors (Lipinski definition) is 0. The van der Waals surface area contributed by atoms with Crippen molar-refractivity contribution in [2.75, 3.05) is 0 Å². The molecular formula is C7H2BrF4I. The minimum Gasteiger partial charge on any atom is -0.206 e. The van der Waals surface area contributed by atoms with Gasteiger partial charge in [0, 0.05) is 3.57 Å². The zero-order valence-corrected chi connectivity index (χ0v) is 9.67. The first kappa shape index (κ1) is 11.2. The SMILES string of the molecule is Fc1cc(C(F)(F)F)cc(I)c1Br. The summed E-state index contributed by atoms with van der Waals surface area (Å²) in [5, 5.41) is 0. The predicted molar refractivity (Wildman–Crippen MR) is 51.8 cm³/mol. The molecule has 1 aromatic carbocycles. The molecule has 0 bridgehead atoms. The molecule has 1 rings (SSSR count). The van der Waals surface area contributed by atoms with Crippen molar-refractivity contribution >= 4 is 38.5 Å². The van der Waals surface area contributed by atoms with Gasteiger partial charge in [0.2, 0.25) is 0 Å². The van der Waals surface area contributed by atoms with Gasteiger partial charge in [0.15, 0.2) is 0 Å². The molecule has 0 atom stereocenters. The summed E-state index contributed by atoms with van der Waals surface area (Å²) in [6.45, 7) is 0. The van der Waals surface area contributed by atoms with Gasteiger partial charge in [-0.05, 0) is 50.7 Å². The number of alkyl halides is 3. The van der Waals surface area contributed by atoms with Crippen LogP contribution in [0.4, 0.5) is 17.6 Å². The number of benzene rings is 1. The lowest BCUT2D eigenvalue weighted by atomic mass is 10.2. The second kappa shape index (κ2) is 3.72. The zero-order chi connectivity index (χ0) is 10.2. The monoisotopic (exact) mass is 368 g/mol. The Hall–Kier alpha value is 0.150. The van der Waals surface area contributed by atoms with Crippen LogP contribution >= 0.6 is 38.5 Å². The molecule has 0 amide bonds. The van der Waals surface area contributed by atoms with E-state index in [1.807, 2.05) is 0 Å². The largest absolute Gasteiger partial charge is 0.416 e. The molecule has 0 nitrogen and oxygen atoms in total. The van der Waals surface area contributed by atoms with Crippen LogP contribution in [0.25, 0.3) is 0 Å². The van der Waals surface area contributed by atoms with E-state index >= 15 is 0 Å². The highest BCUT2D eigenvalue weighted by Crippen LogP contribution is 2.33. The molecule has 0 aliphatic carbocycles. The summed E-state index contributed by atoms with van der Waals surface area (Å²) >= 11 is 4.46. The Balaban J connectivity index is 3.29. The third-order valence-corrected chi connectivity index (χ3v) is 3.71. The Kier molecular flexibility index (Phi) is 3.21. The van der Waals surface area contributed by atoms with E-state index in [1.165, 1.54) is 0 Å². The average Bonchev–Trinajstić information content (AvgIpc) is 1.97. The van der Waals surface area contributed by atoms with E-state index in [1.54, 1.807) is 22.6 Å². The van der Waals surface area contributed by atoms with Gasteiger partial charge >= 0.3 is 6.18 Å². The highest BCUT2D eigenvalue weighted by Gasteiger charge is 2.31. The Bertz CT molecular complexity index is 311. The van der Waals surface area contributed by atoms with Crippen molar-refractivity contribution in [3.05, 3.63) is 31.6 Å². The van der Waals surface area contributed by atoms with Crippen LogP contribution in [0.1, 0.15) is 5.56 Å². The fraction of sp³-hybridized carbons (Fsp3) is 0.143. The summed E-state index contributed by atoms with van der Waals surface area (Å²) in [6, 6.07) is 1.35. The Morgan fingerprint density at radius 2 is 1.77 bits per heavy atom. The van der Waals surface area contributed by atoms with Gasteiger partial charge in [0.25, 0.3) is 0 Å². The maximum atomic E-state index is 12.8. The standard InChI is InChI=1S/C7H2BrF4I/c8-6-4(9)1-3(2-5(6)13)7(10,11)12/h1-2H. The molecule has 0 spiro atoms. The highest BCUT2D eigenvalue weighted by atomic mass is 127. The van der Waals surface area contributed by atoms with Gasteiger partial charge in [0.1, 0.15) is 5.82 Å². The van der Waals surface area contributed by atoms with Crippen molar-refractivity contribution in [2.24, 2.45) is 0 Å². The first-order valence-electron chi connectivity index (χ1n) is 3.04. The van der Waals surface area contributed by atoms with E-state index in [4.69, 9.17) is 0 Å². The maximum Gasteiger partial charge on any atom is 0.416 e. The normalized spacial score (nSPS) is 11.8. The summed E-state index contributed by atoms with van der Waals surface area (Å²) in [4.78, 5) is 0. The van der Waals surface area contributed by atoms with Gasteiger partial charge in [-0.1, -0.05) is 0 Å². The maximum absolute atomic E-state index is 12.8. The summed E-state index contributed by atoms with van der Waals surface area (Å²) < 4.78 is 49.4. The van der Waals surface area contributed by atoms with Crippen LogP contribution in [0.15, 0.2) is 16.6 Å². The van der Waals surface area contributed by atoms with Gasteiger partial charge in [0.05, 0.1) is 10.0 Å². The molecule has 6 heteroatoms. The summed E-state index contributed by atoms with van der Waals surface area (Å²) in [5.74, 6) is -0.903. The minimum atomic E-state index is -4.50. The molecule has 0 aliphatic heterocycles. The van der Waals surface area contributed by atoms with E-state index in [-0.39, 0.29) is 8.04 Å². The molecule has 0 radical (unpaired) electrons. The lowest BCUT2D eigenvalue weighted by Crippen LogP contribution is -2.06. The van der Waals surface area contributed by atoms with Gasteiger partial charge in [-0.15, -0.1) is 0 Å². The lowest BCUT2D eigenvalue weighted by molar-refractivity contribution is -0.137. The molecule has 13 heavy (non-hydrogen) atoms. The van der Waals surface area contributed by atoms with Crippen LogP contribution in [0.2, 0.25) is 0 Å². The van der Waals surface area contributed by atoms with Crippen LogP contribution in [0.3, 0.4) is 0 Å². The smallest absolute Gasteiger partial charge is 0.206 e. The zero-order valence-electron chi connectivity index (χ0n) is 5.92. The molecule has 0 aliphatic rings. The van der Waals surface area contributed by atoms with E-state index < -0.39 is 17.6 Å². The van der Waals surface area contributed by atoms with E-state index in [0.717, 1.165) is 6.07 Å². The van der Waals surface area contributed by atoms with Gasteiger partial charge in [-0.2, -0.15) is 13.2 Å². The lowest BCUT2D eigenvalue weighted by Gasteiger charge is -2.08. The molecule has 0 saturated carbocycles. The second-order valence-corrected chi connectivity index (χ2v) is 4.21. The van der Waals surface area contributed by atoms with Crippen LogP contribution in [-0.2, 0) is 6.18 Å². The molecule has 1 aromatic rings. The fourth-order valence-corrected chi connectivity index (χ4v) is 1.54. The number of halogens is 6. The van der Waals surface area contributed by atoms with Crippen LogP contribution in [-0.4, -0.2) is 0 Å². The minimum absolute atomic E-state index is 0.0566. The Morgan fingerprint density at radius 1 is 1.23 bits per heavy atom. The van der Waals surface area contributed by atoms with Crippen LogP contribution in [0, 0.1) is 9.39 Å². The van der Waals surface area contributed by atoms with E-state index in [9.17, 15) is 17.6 Å². The molecule has 0 aromatic heterocycles. The van der Waals surface area contributed by atoms with Gasteiger partial charge < -0.3 is 0 Å². The van der Waals surface area contributed by atoms with Gasteiger partial charge in [-0.25, -0.2) is 4.39 Å². The van der Waals surface area contributed by atoms with Crippen molar-refractivity contribution in [1.29, 1.82) is 0 Å². The van der Waals surface area contributed by atoms with Gasteiger partial charge in [-0.3, -0.25) is 0 Å². The van der Waals surface area contributed by atoms with Crippen molar-refractivity contribution in [3.8, 4) is 0 Å². The second-order valence-electron chi connectivity index (χ2n) is 2.25. The quantitative estimate of drug-likeness (QED) is 0.365. The molecule has 0 N–H and O–H groups in total. The molecule has 72 valence electrons. The third-order valence-electron chi connectivity index (χ3n) is 1.31. The predicted octanol–water partition coefficient (Wildman–Crippen LogP) is 4.21.